The first-order valence-electron chi connectivity index (χ1n) is 49.4. The van der Waals surface area contributed by atoms with Gasteiger partial charge in [-0.25, -0.2) is 24.2 Å². The molecule has 2 atom stereocenters. The van der Waals surface area contributed by atoms with Gasteiger partial charge in [0.1, 0.15) is 0 Å². The molecule has 3 aliphatic carbocycles. The molecule has 754 valence electrons. The molecule has 1 heterocycles. The average molecular weight is 1780 g/mol. The van der Waals surface area contributed by atoms with Crippen molar-refractivity contribution in [2.45, 2.75) is 544 Å². The van der Waals surface area contributed by atoms with Crippen molar-refractivity contribution in [3.8, 4) is 0 Å². The molecule has 0 aromatic heterocycles. The van der Waals surface area contributed by atoms with Crippen LogP contribution in [0.3, 0.4) is 0 Å². The van der Waals surface area contributed by atoms with Gasteiger partial charge in [0.2, 0.25) is 0 Å². The highest BCUT2D eigenvalue weighted by Gasteiger charge is 2.42. The van der Waals surface area contributed by atoms with Crippen LogP contribution >= 0.6 is 0 Å². The zero-order valence-corrected chi connectivity index (χ0v) is 82.7. The van der Waals surface area contributed by atoms with Crippen LogP contribution in [-0.4, -0.2) is 54.1 Å². The first-order chi connectivity index (χ1) is 55.6. The van der Waals surface area contributed by atoms with E-state index in [1.165, 1.54) is 286 Å². The highest BCUT2D eigenvalue weighted by molar-refractivity contribution is 6.11. The fraction of sp³-hybridized carbons (Fsp3) is 0.773. The maximum absolute atomic E-state index is 11.8. The summed E-state index contributed by atoms with van der Waals surface area (Å²) >= 11 is 0. The second-order valence-electron chi connectivity index (χ2n) is 36.6. The summed E-state index contributed by atoms with van der Waals surface area (Å²) in [5, 5.41) is 5.82. The van der Waals surface area contributed by atoms with Gasteiger partial charge < -0.3 is 10.6 Å². The lowest BCUT2D eigenvalue weighted by atomic mass is 9.60. The summed E-state index contributed by atoms with van der Waals surface area (Å²) in [6.07, 6.45) is 57.7. The summed E-state index contributed by atoms with van der Waals surface area (Å²) < 4.78 is 0. The van der Waals surface area contributed by atoms with Gasteiger partial charge in [0, 0.05) is 26.2 Å². The monoisotopic (exact) mass is 1770 g/mol. The van der Waals surface area contributed by atoms with Gasteiger partial charge in [-0.15, -0.1) is 0 Å². The van der Waals surface area contributed by atoms with Crippen molar-refractivity contribution in [2.24, 2.45) is 39.9 Å². The molecular formula is C119H240N4O3. The van der Waals surface area contributed by atoms with Gasteiger partial charge in [0.15, 0.2) is 0 Å². The average Bonchev–Trinajstić information content (AvgIpc) is 0.781. The summed E-state index contributed by atoms with van der Waals surface area (Å²) in [4.78, 5) is 37.9. The molecular weight excluding hydrogens is 1530 g/mol. The molecule has 4 aromatic carbocycles. The standard InChI is InChI=1S/C16H30N2O2.C15H32N2O.C13H12.C12H24.C10H20.C9H12.C8H16.C8H10.C8H18.C6H14.2C2H6.10CH4/c1-3-5-7-9-11-13-17-15(19)18(16(17)20)14-12-10-8-6-4-2;1-3-5-7-9-11-13-16-15(18)17-14-12-10-8-6-4-2;1-3-7-12(8-4-1)11-13-9-5-2-6-10-13;1-6-12(5)8-10(2)7-11(3,4)9-12;1-4-9-5-7-10(2,3)8-6-9;1-7-4-5-8(2)9(3)6-7;2*1-7-3-5-8(2)6-4-7;1-3-5-7-8-6-4-2;1-3-5-6-4-2;2*1-2;;;;;;;;;;/h3-14H2,1-2H3;3-14H2,1-2H3,(H2,16,17,18);1-10H,11H2;10H,6-9H2,1-5H3;9H,4-8H2,1-3H3;4-6H,1-3H3;7-8H,3-6H2,1-2H3;3-6H,1-2H3;3-8H2,1-2H3;3-6H2,1-2H3;2*1-2H3;10*1H4. The lowest BCUT2D eigenvalue weighted by Crippen LogP contribution is -2.64. The number of hydrogen-bond acceptors (Lipinski definition) is 3. The van der Waals surface area contributed by atoms with Crippen molar-refractivity contribution in [1.29, 1.82) is 0 Å². The molecule has 2 N–H and O–H groups in total. The normalized spacial score (nSPS) is 15.8. The number of nitrogens with zero attached hydrogens (tertiary/aromatic N) is 2. The van der Waals surface area contributed by atoms with Gasteiger partial charge in [-0.2, -0.15) is 0 Å². The Kier molecular flexibility index (Phi) is 125. The minimum absolute atomic E-state index is 0. The van der Waals surface area contributed by atoms with Gasteiger partial charge in [-0.1, -0.05) is 552 Å². The van der Waals surface area contributed by atoms with Crippen molar-refractivity contribution in [1.82, 2.24) is 20.4 Å². The molecule has 0 radical (unpaired) electrons. The molecule has 4 fully saturated rings. The number of imide groups is 2. The summed E-state index contributed by atoms with van der Waals surface area (Å²) in [5.74, 6) is 4.02. The molecule has 4 aliphatic rings. The maximum Gasteiger partial charge on any atom is 0.336 e. The second kappa shape index (κ2) is 104. The Labute approximate surface area is 799 Å². The third-order valence-electron chi connectivity index (χ3n) is 23.3. The number of rotatable bonds is 36. The largest absolute Gasteiger partial charge is 0.338 e. The van der Waals surface area contributed by atoms with E-state index >= 15 is 0 Å². The molecule has 4 aromatic rings. The fourth-order valence-corrected chi connectivity index (χ4v) is 15.5. The number of unbranched alkanes of at least 4 members (excludes halogenated alkanes) is 24. The minimum Gasteiger partial charge on any atom is -0.338 e. The predicted molar refractivity (Wildman–Crippen MR) is 590 cm³/mol. The summed E-state index contributed by atoms with van der Waals surface area (Å²) in [5.41, 5.74) is 11.4. The Morgan fingerprint density at radius 1 is 0.349 bits per heavy atom. The molecule has 3 saturated carbocycles. The molecule has 7 nitrogen and oxygen atoms in total. The minimum atomic E-state index is -0.0824. The van der Waals surface area contributed by atoms with Crippen molar-refractivity contribution in [3.05, 3.63) is 142 Å². The molecule has 0 bridgehead atoms. The van der Waals surface area contributed by atoms with E-state index in [0.717, 1.165) is 81.7 Å². The second-order valence-corrected chi connectivity index (χ2v) is 36.6. The quantitative estimate of drug-likeness (QED) is 0.0445. The predicted octanol–water partition coefficient (Wildman–Crippen LogP) is 42.3. The van der Waals surface area contributed by atoms with E-state index in [1.54, 1.807) is 0 Å². The van der Waals surface area contributed by atoms with Crippen LogP contribution in [0.2, 0.25) is 0 Å². The summed E-state index contributed by atoms with van der Waals surface area (Å²) in [6.45, 7) is 63.1. The Bertz CT molecular complexity index is 2600. The molecule has 1 aliphatic heterocycles. The van der Waals surface area contributed by atoms with Crippen LogP contribution in [0.1, 0.15) is 542 Å². The Hall–Kier alpha value is -4.91. The number of nitrogens with one attached hydrogen (secondary N) is 2. The molecule has 8 rings (SSSR count). The van der Waals surface area contributed by atoms with Gasteiger partial charge in [0.05, 0.1) is 0 Å². The van der Waals surface area contributed by atoms with Crippen LogP contribution < -0.4 is 10.6 Å². The van der Waals surface area contributed by atoms with E-state index in [4.69, 9.17) is 0 Å². The summed E-state index contributed by atoms with van der Waals surface area (Å²) in [7, 11) is 0. The highest BCUT2D eigenvalue weighted by Crippen LogP contribution is 2.50. The number of aryl methyl sites for hydroxylation is 5. The third kappa shape index (κ3) is 91.0. The Morgan fingerprint density at radius 2 is 0.643 bits per heavy atom. The Balaban J connectivity index is -0.0000000925. The van der Waals surface area contributed by atoms with Crippen molar-refractivity contribution in [2.75, 3.05) is 26.2 Å². The van der Waals surface area contributed by atoms with Crippen LogP contribution in [0.5, 0.6) is 0 Å². The maximum atomic E-state index is 11.8. The zero-order valence-electron chi connectivity index (χ0n) is 82.7. The van der Waals surface area contributed by atoms with Gasteiger partial charge in [-0.3, -0.25) is 0 Å². The number of amides is 6. The van der Waals surface area contributed by atoms with Crippen LogP contribution in [0.15, 0.2) is 103 Å². The zero-order chi connectivity index (χ0) is 88.1. The number of carbonyl (C=O) groups is 3. The molecule has 7 heteroatoms. The first kappa shape index (κ1) is 152. The van der Waals surface area contributed by atoms with E-state index in [0.29, 0.717) is 29.3 Å². The first-order valence-corrected chi connectivity index (χ1v) is 49.4. The van der Waals surface area contributed by atoms with Crippen LogP contribution in [0.4, 0.5) is 14.4 Å². The third-order valence-corrected chi connectivity index (χ3v) is 23.3. The lowest BCUT2D eigenvalue weighted by Gasteiger charge is -2.45. The van der Waals surface area contributed by atoms with E-state index in [1.807, 2.05) is 27.7 Å². The number of hydrogen-bond donors (Lipinski definition) is 2. The van der Waals surface area contributed by atoms with E-state index < -0.39 is 0 Å². The van der Waals surface area contributed by atoms with Gasteiger partial charge in [-0.05, 0) is 174 Å². The molecule has 126 heavy (non-hydrogen) atoms. The van der Waals surface area contributed by atoms with E-state index in [-0.39, 0.29) is 92.4 Å². The van der Waals surface area contributed by atoms with Gasteiger partial charge >= 0.3 is 18.1 Å². The fourth-order valence-electron chi connectivity index (χ4n) is 15.5. The number of carbonyl (C=O) groups excluding carboxylic acids is 3. The van der Waals surface area contributed by atoms with Crippen molar-refractivity contribution in [3.63, 3.8) is 0 Å². The number of urea groups is 3. The topological polar surface area (TPSA) is 81.8 Å². The van der Waals surface area contributed by atoms with Crippen LogP contribution in [0, 0.1) is 74.5 Å². The molecule has 1 saturated heterocycles. The molecule has 2 unspecified atom stereocenters. The lowest BCUT2D eigenvalue weighted by molar-refractivity contribution is 0.0581. The van der Waals surface area contributed by atoms with E-state index in [2.05, 4.69) is 273 Å². The molecule has 0 spiro atoms. The number of benzene rings is 4. The van der Waals surface area contributed by atoms with E-state index in [9.17, 15) is 14.4 Å². The van der Waals surface area contributed by atoms with Crippen LogP contribution in [0.25, 0.3) is 0 Å². The molecule has 6 amide bonds. The van der Waals surface area contributed by atoms with Gasteiger partial charge in [0.25, 0.3) is 0 Å². The SMILES string of the molecule is C.C.C.C.C.C.C.C.C.C.CC.CC.CC1CCC(C)CC1.CCC1(C)CC(C)CC(C)(C)C1.CCC1CCC(C)(C)CC1.CCCCCC.CCCCCCCC.CCCCCCCN1C(=O)N(CCCCCCC)C1=O.CCCCCCCNC(=O)NCCCCCCC.Cc1ccc(C)c(C)c1.Cc1ccc(C)cc1.c1ccc(Cc2ccccc2)cc1. The highest BCUT2D eigenvalue weighted by atomic mass is 16.2. The smallest absolute Gasteiger partial charge is 0.336 e. The van der Waals surface area contributed by atoms with Crippen LogP contribution in [-0.2, 0) is 6.42 Å². The Morgan fingerprint density at radius 3 is 0.921 bits per heavy atom. The van der Waals surface area contributed by atoms with Crippen molar-refractivity contribution >= 4 is 18.1 Å². The summed E-state index contributed by atoms with van der Waals surface area (Å²) in [6, 6.07) is 35.9. The van der Waals surface area contributed by atoms with Crippen molar-refractivity contribution < 1.29 is 14.4 Å².